The molecule has 0 saturated heterocycles. The molecule has 1 aromatic heterocycles. The molecule has 2 N–H and O–H groups in total. The number of thioether (sulfide) groups is 1. The van der Waals surface area contributed by atoms with Gasteiger partial charge in [-0.15, -0.1) is 0 Å². The molecular weight excluding hydrogens is 254 g/mol. The second-order valence-corrected chi connectivity index (χ2v) is 4.78. The lowest BCUT2D eigenvalue weighted by molar-refractivity contribution is -0.121. The first kappa shape index (κ1) is 12.7. The largest absolute Gasteiger partial charge is 0.459 e. The van der Waals surface area contributed by atoms with Crippen LogP contribution in [0.25, 0.3) is 0 Å². The summed E-state index contributed by atoms with van der Waals surface area (Å²) in [5, 5.41) is 5.82. The Morgan fingerprint density at radius 2 is 2.39 bits per heavy atom. The molecule has 2 amide bonds. The smallest absolute Gasteiger partial charge is 0.287 e. The van der Waals surface area contributed by atoms with Crippen LogP contribution in [0.1, 0.15) is 17.5 Å². The fourth-order valence-corrected chi connectivity index (χ4v) is 2.10. The van der Waals surface area contributed by atoms with Crippen LogP contribution in [-0.2, 0) is 4.79 Å². The van der Waals surface area contributed by atoms with Gasteiger partial charge in [0, 0.05) is 5.75 Å². The first-order chi connectivity index (χ1) is 8.66. The first-order valence-corrected chi connectivity index (χ1v) is 6.48. The lowest BCUT2D eigenvalue weighted by Crippen LogP contribution is -2.45. The molecule has 0 saturated carbocycles. The zero-order valence-electron chi connectivity index (χ0n) is 9.80. The molecule has 0 fully saturated rings. The third-order valence-corrected chi connectivity index (χ3v) is 3.19. The second-order valence-electron chi connectivity index (χ2n) is 3.70. The highest BCUT2D eigenvalue weighted by Crippen LogP contribution is 2.09. The highest BCUT2D eigenvalue weighted by molar-refractivity contribution is 8.14. The van der Waals surface area contributed by atoms with Crippen molar-refractivity contribution in [1.29, 1.82) is 0 Å². The molecule has 1 aliphatic rings. The number of nitrogens with zero attached hydrogens (tertiary/aromatic N) is 1. The number of amides is 2. The van der Waals surface area contributed by atoms with Crippen molar-refractivity contribution >= 4 is 28.7 Å². The predicted octanol–water partition coefficient (Wildman–Crippen LogP) is 0.617. The molecule has 2 rings (SSSR count). The summed E-state index contributed by atoms with van der Waals surface area (Å²) in [6.07, 6.45) is 1.41. The quantitative estimate of drug-likeness (QED) is 0.840. The average molecular weight is 267 g/mol. The van der Waals surface area contributed by atoms with E-state index in [0.717, 1.165) is 5.75 Å². The van der Waals surface area contributed by atoms with Gasteiger partial charge in [-0.2, -0.15) is 0 Å². The van der Waals surface area contributed by atoms with Crippen LogP contribution in [0.15, 0.2) is 27.8 Å². The van der Waals surface area contributed by atoms with Gasteiger partial charge < -0.3 is 15.1 Å². The molecule has 18 heavy (non-hydrogen) atoms. The summed E-state index contributed by atoms with van der Waals surface area (Å²) >= 11 is 1.49. The predicted molar refractivity (Wildman–Crippen MR) is 68.5 cm³/mol. The molecule has 1 aliphatic heterocycles. The van der Waals surface area contributed by atoms with Crippen molar-refractivity contribution in [3.05, 3.63) is 24.2 Å². The molecule has 0 aliphatic carbocycles. The van der Waals surface area contributed by atoms with Gasteiger partial charge in [-0.05, 0) is 19.1 Å². The molecule has 0 spiro atoms. The number of amidine groups is 1. The maximum Gasteiger partial charge on any atom is 0.287 e. The van der Waals surface area contributed by atoms with Crippen molar-refractivity contribution in [2.75, 3.05) is 12.3 Å². The summed E-state index contributed by atoms with van der Waals surface area (Å²) in [7, 11) is 0. The summed E-state index contributed by atoms with van der Waals surface area (Å²) < 4.78 is 4.94. The number of aliphatic imine (C=N–C) groups is 1. The Kier molecular flexibility index (Phi) is 4.03. The standard InChI is InChI=1S/C11H13N3O3S/c1-7(9(15)14-11-12-4-6-18-11)13-10(16)8-3-2-5-17-8/h2-3,5,7H,4,6H2,1H3,(H,13,16)(H,12,14,15)/t7-/m1/s1. The molecule has 6 nitrogen and oxygen atoms in total. The van der Waals surface area contributed by atoms with Crippen LogP contribution in [0.5, 0.6) is 0 Å². The monoisotopic (exact) mass is 267 g/mol. The van der Waals surface area contributed by atoms with E-state index in [-0.39, 0.29) is 11.7 Å². The molecular formula is C11H13N3O3S. The number of nitrogens with one attached hydrogen (secondary N) is 2. The van der Waals surface area contributed by atoms with E-state index in [9.17, 15) is 9.59 Å². The molecule has 0 radical (unpaired) electrons. The van der Waals surface area contributed by atoms with Gasteiger partial charge in [-0.3, -0.25) is 14.6 Å². The van der Waals surface area contributed by atoms with Gasteiger partial charge >= 0.3 is 0 Å². The van der Waals surface area contributed by atoms with Gasteiger partial charge in [0.1, 0.15) is 6.04 Å². The van der Waals surface area contributed by atoms with E-state index < -0.39 is 11.9 Å². The topological polar surface area (TPSA) is 83.7 Å². The van der Waals surface area contributed by atoms with Gasteiger partial charge in [0.05, 0.1) is 12.8 Å². The molecule has 2 heterocycles. The van der Waals surface area contributed by atoms with E-state index in [2.05, 4.69) is 15.6 Å². The van der Waals surface area contributed by atoms with Gasteiger partial charge in [0.25, 0.3) is 5.91 Å². The summed E-state index contributed by atoms with van der Waals surface area (Å²) in [6, 6.07) is 2.51. The molecule has 1 atom stereocenters. The third-order valence-electron chi connectivity index (χ3n) is 2.30. The molecule has 0 aromatic carbocycles. The Labute approximate surface area is 108 Å². The van der Waals surface area contributed by atoms with Crippen LogP contribution in [0, 0.1) is 0 Å². The van der Waals surface area contributed by atoms with Crippen molar-refractivity contribution in [2.24, 2.45) is 4.99 Å². The van der Waals surface area contributed by atoms with Crippen molar-refractivity contribution in [3.8, 4) is 0 Å². The van der Waals surface area contributed by atoms with Crippen LogP contribution in [0.4, 0.5) is 0 Å². The number of hydrogen-bond donors (Lipinski definition) is 2. The van der Waals surface area contributed by atoms with Crippen LogP contribution < -0.4 is 10.6 Å². The van der Waals surface area contributed by atoms with Gasteiger partial charge in [-0.25, -0.2) is 0 Å². The van der Waals surface area contributed by atoms with Crippen LogP contribution in [0.2, 0.25) is 0 Å². The first-order valence-electron chi connectivity index (χ1n) is 5.49. The zero-order valence-corrected chi connectivity index (χ0v) is 10.6. The Balaban J connectivity index is 1.85. The third kappa shape index (κ3) is 3.13. The summed E-state index contributed by atoms with van der Waals surface area (Å²) in [5.41, 5.74) is 0. The minimum Gasteiger partial charge on any atom is -0.459 e. The Morgan fingerprint density at radius 3 is 3.00 bits per heavy atom. The zero-order chi connectivity index (χ0) is 13.0. The van der Waals surface area contributed by atoms with E-state index in [4.69, 9.17) is 4.42 Å². The van der Waals surface area contributed by atoms with E-state index in [1.807, 2.05) is 0 Å². The van der Waals surface area contributed by atoms with E-state index in [0.29, 0.717) is 11.7 Å². The maximum absolute atomic E-state index is 11.8. The highest BCUT2D eigenvalue weighted by Gasteiger charge is 2.20. The van der Waals surface area contributed by atoms with Crippen LogP contribution in [-0.4, -0.2) is 35.3 Å². The van der Waals surface area contributed by atoms with E-state index >= 15 is 0 Å². The number of hydrogen-bond acceptors (Lipinski definition) is 5. The van der Waals surface area contributed by atoms with Crippen LogP contribution >= 0.6 is 11.8 Å². The average Bonchev–Trinajstić information content (AvgIpc) is 3.01. The van der Waals surface area contributed by atoms with Gasteiger partial charge in [-0.1, -0.05) is 11.8 Å². The number of carbonyl (C=O) groups is 2. The van der Waals surface area contributed by atoms with Crippen molar-refractivity contribution in [2.45, 2.75) is 13.0 Å². The van der Waals surface area contributed by atoms with Crippen molar-refractivity contribution < 1.29 is 14.0 Å². The van der Waals surface area contributed by atoms with Crippen molar-refractivity contribution in [3.63, 3.8) is 0 Å². The Hall–Kier alpha value is -1.76. The summed E-state index contributed by atoms with van der Waals surface area (Å²) in [6.45, 7) is 2.32. The molecule has 0 bridgehead atoms. The number of rotatable bonds is 3. The minimum absolute atomic E-state index is 0.183. The Bertz CT molecular complexity index is 470. The highest BCUT2D eigenvalue weighted by atomic mass is 32.2. The van der Waals surface area contributed by atoms with E-state index in [1.165, 1.54) is 24.1 Å². The molecule has 0 unspecified atom stereocenters. The fraction of sp³-hybridized carbons (Fsp3) is 0.364. The molecule has 7 heteroatoms. The lowest BCUT2D eigenvalue weighted by Gasteiger charge is -2.12. The van der Waals surface area contributed by atoms with Crippen LogP contribution in [0.3, 0.4) is 0 Å². The second kappa shape index (κ2) is 5.72. The van der Waals surface area contributed by atoms with Gasteiger partial charge in [0.2, 0.25) is 5.91 Å². The normalized spacial score (nSPS) is 15.9. The summed E-state index contributed by atoms with van der Waals surface area (Å²) in [4.78, 5) is 27.5. The lowest BCUT2D eigenvalue weighted by atomic mass is 10.3. The minimum atomic E-state index is -0.647. The fourth-order valence-electron chi connectivity index (χ4n) is 1.37. The maximum atomic E-state index is 11.8. The summed E-state index contributed by atoms with van der Waals surface area (Å²) in [5.74, 6) is 0.358. The van der Waals surface area contributed by atoms with E-state index in [1.54, 1.807) is 13.0 Å². The molecule has 1 aromatic rings. The van der Waals surface area contributed by atoms with Crippen molar-refractivity contribution in [1.82, 2.24) is 10.6 Å². The SMILES string of the molecule is C[C@@H](NC(=O)c1ccco1)C(=O)NC1=NCCS1. The Morgan fingerprint density at radius 1 is 1.56 bits per heavy atom. The number of carbonyl (C=O) groups excluding carboxylic acids is 2. The van der Waals surface area contributed by atoms with Gasteiger partial charge in [0.15, 0.2) is 10.9 Å². The molecule has 96 valence electrons. The number of furan rings is 1.